The van der Waals surface area contributed by atoms with Gasteiger partial charge in [-0.1, -0.05) is 0 Å². The van der Waals surface area contributed by atoms with Gasteiger partial charge in [0.25, 0.3) is 0 Å². The minimum absolute atomic E-state index is 0.440. The van der Waals surface area contributed by atoms with E-state index in [1.807, 2.05) is 22.6 Å². The van der Waals surface area contributed by atoms with Gasteiger partial charge in [-0.25, -0.2) is 0 Å². The maximum absolute atomic E-state index is 10.2. The molecule has 10 heavy (non-hydrogen) atoms. The number of carbonyl (C=O) groups is 1. The maximum Gasteiger partial charge on any atom is 0.169 e. The molecule has 52 valence electrons. The Morgan fingerprint density at radius 1 is 1.70 bits per heavy atom. The predicted octanol–water partition coefficient (Wildman–Crippen LogP) is 1.08. The molecule has 1 rings (SSSR count). The van der Waals surface area contributed by atoms with Crippen LogP contribution in [0.2, 0.25) is 0 Å². The smallest absolute Gasteiger partial charge is 0.169 e. The molecule has 0 unspecified atom stereocenters. The molecule has 0 aliphatic rings. The molecule has 4 heteroatoms. The highest BCUT2D eigenvalue weighted by Gasteiger charge is 1.97. The second kappa shape index (κ2) is 2.96. The summed E-state index contributed by atoms with van der Waals surface area (Å²) in [6.07, 6.45) is 2.17. The number of nitrogens with zero attached hydrogens (tertiary/aromatic N) is 1. The zero-order chi connectivity index (χ0) is 7.56. The fraction of sp³-hybridized carbons (Fsp3) is 0. The van der Waals surface area contributed by atoms with Gasteiger partial charge in [-0.05, 0) is 28.7 Å². The van der Waals surface area contributed by atoms with Crippen LogP contribution in [0.15, 0.2) is 12.3 Å². The van der Waals surface area contributed by atoms with Gasteiger partial charge in [-0.2, -0.15) is 0 Å². The Morgan fingerprint density at radius 3 is 2.90 bits per heavy atom. The minimum Gasteiger partial charge on any atom is -0.397 e. The average Bonchev–Trinajstić information content (AvgIpc) is 1.88. The van der Waals surface area contributed by atoms with Crippen LogP contribution in [0.5, 0.6) is 0 Å². The van der Waals surface area contributed by atoms with E-state index in [4.69, 9.17) is 5.73 Å². The third-order valence-electron chi connectivity index (χ3n) is 1.00. The van der Waals surface area contributed by atoms with Gasteiger partial charge in [-0.15, -0.1) is 0 Å². The molecule has 0 fully saturated rings. The van der Waals surface area contributed by atoms with E-state index >= 15 is 0 Å². The van der Waals surface area contributed by atoms with Crippen LogP contribution in [0, 0.1) is 3.57 Å². The Balaban J connectivity index is 3.19. The van der Waals surface area contributed by atoms with Crippen LogP contribution >= 0.6 is 22.6 Å². The Kier molecular flexibility index (Phi) is 2.21. The Morgan fingerprint density at radius 2 is 2.40 bits per heavy atom. The van der Waals surface area contributed by atoms with Crippen molar-refractivity contribution in [2.75, 3.05) is 5.73 Å². The number of nitrogens with two attached hydrogens (primary N) is 1. The number of aromatic nitrogens is 1. The lowest BCUT2D eigenvalue weighted by Crippen LogP contribution is -1.94. The van der Waals surface area contributed by atoms with E-state index in [0.29, 0.717) is 17.7 Å². The summed E-state index contributed by atoms with van der Waals surface area (Å²) in [4.78, 5) is 14.0. The highest BCUT2D eigenvalue weighted by molar-refractivity contribution is 14.1. The monoisotopic (exact) mass is 248 g/mol. The van der Waals surface area contributed by atoms with Crippen molar-refractivity contribution in [1.29, 1.82) is 0 Å². The van der Waals surface area contributed by atoms with Gasteiger partial charge in [0, 0.05) is 3.57 Å². The second-order valence-electron chi connectivity index (χ2n) is 1.75. The summed E-state index contributed by atoms with van der Waals surface area (Å²) in [7, 11) is 0. The van der Waals surface area contributed by atoms with E-state index < -0.39 is 0 Å². The van der Waals surface area contributed by atoms with E-state index in [0.717, 1.165) is 3.57 Å². The average molecular weight is 248 g/mol. The molecule has 0 aromatic carbocycles. The van der Waals surface area contributed by atoms with Crippen LogP contribution in [-0.2, 0) is 0 Å². The molecule has 0 aliphatic carbocycles. The molecule has 1 heterocycles. The fourth-order valence-corrected chi connectivity index (χ4v) is 1.18. The topological polar surface area (TPSA) is 56.0 Å². The van der Waals surface area contributed by atoms with Crippen LogP contribution in [0.1, 0.15) is 10.5 Å². The first-order valence-corrected chi connectivity index (χ1v) is 3.68. The molecule has 0 atom stereocenters. The number of hydrogen-bond acceptors (Lipinski definition) is 3. The van der Waals surface area contributed by atoms with E-state index in [1.54, 1.807) is 6.07 Å². The first-order chi connectivity index (χ1) is 4.74. The molecule has 0 saturated carbocycles. The van der Waals surface area contributed by atoms with E-state index in [-0.39, 0.29) is 0 Å². The van der Waals surface area contributed by atoms with E-state index in [2.05, 4.69) is 4.98 Å². The maximum atomic E-state index is 10.2. The molecule has 1 aromatic rings. The van der Waals surface area contributed by atoms with Crippen molar-refractivity contribution in [3.63, 3.8) is 0 Å². The molecule has 0 saturated heterocycles. The summed E-state index contributed by atoms with van der Waals surface area (Å²) < 4.78 is 0.785. The van der Waals surface area contributed by atoms with Crippen molar-refractivity contribution in [3.8, 4) is 0 Å². The molecule has 2 N–H and O–H groups in total. The van der Waals surface area contributed by atoms with Crippen molar-refractivity contribution in [3.05, 3.63) is 21.5 Å². The zero-order valence-corrected chi connectivity index (χ0v) is 7.20. The number of hydrogen-bond donors (Lipinski definition) is 1. The molecular formula is C6H5IN2O. The molecule has 0 amide bonds. The first kappa shape index (κ1) is 7.46. The zero-order valence-electron chi connectivity index (χ0n) is 5.04. The van der Waals surface area contributed by atoms with Gasteiger partial charge in [0.15, 0.2) is 6.29 Å². The number of halogens is 1. The third kappa shape index (κ3) is 1.44. The summed E-state index contributed by atoms with van der Waals surface area (Å²) in [6, 6.07) is 1.71. The van der Waals surface area contributed by atoms with Gasteiger partial charge >= 0.3 is 0 Å². The molecule has 0 radical (unpaired) electrons. The van der Waals surface area contributed by atoms with Crippen molar-refractivity contribution in [2.24, 2.45) is 0 Å². The van der Waals surface area contributed by atoms with Crippen LogP contribution in [0.25, 0.3) is 0 Å². The minimum atomic E-state index is 0.440. The first-order valence-electron chi connectivity index (χ1n) is 2.60. The Labute approximate surface area is 71.8 Å². The number of aldehydes is 1. The summed E-state index contributed by atoms with van der Waals surface area (Å²) in [5.74, 6) is 0. The summed E-state index contributed by atoms with van der Waals surface area (Å²) in [5.41, 5.74) is 6.42. The Hall–Kier alpha value is -0.650. The largest absolute Gasteiger partial charge is 0.397 e. The van der Waals surface area contributed by atoms with Gasteiger partial charge in [0.2, 0.25) is 0 Å². The number of pyridine rings is 1. The third-order valence-corrected chi connectivity index (χ3v) is 1.87. The lowest BCUT2D eigenvalue weighted by Gasteiger charge is -1.94. The number of rotatable bonds is 1. The molecule has 0 bridgehead atoms. The van der Waals surface area contributed by atoms with Gasteiger partial charge in [0.05, 0.1) is 11.9 Å². The number of carbonyl (C=O) groups excluding carboxylic acids is 1. The van der Waals surface area contributed by atoms with Crippen molar-refractivity contribution in [2.45, 2.75) is 0 Å². The lowest BCUT2D eigenvalue weighted by molar-refractivity contribution is 0.111. The highest BCUT2D eigenvalue weighted by atomic mass is 127. The number of anilines is 1. The second-order valence-corrected chi connectivity index (χ2v) is 2.92. The van der Waals surface area contributed by atoms with Crippen LogP contribution in [0.4, 0.5) is 5.69 Å². The van der Waals surface area contributed by atoms with Crippen LogP contribution in [-0.4, -0.2) is 11.3 Å². The molecule has 0 aliphatic heterocycles. The fourth-order valence-electron chi connectivity index (χ4n) is 0.550. The molecule has 3 nitrogen and oxygen atoms in total. The van der Waals surface area contributed by atoms with Gasteiger partial charge in [0.1, 0.15) is 5.69 Å². The van der Waals surface area contributed by atoms with Crippen LogP contribution in [0.3, 0.4) is 0 Å². The van der Waals surface area contributed by atoms with Crippen molar-refractivity contribution >= 4 is 34.6 Å². The SMILES string of the molecule is Nc1cnc(C=O)c(I)c1. The predicted molar refractivity (Wildman–Crippen MR) is 46.8 cm³/mol. The van der Waals surface area contributed by atoms with Crippen LogP contribution < -0.4 is 5.73 Å². The highest BCUT2D eigenvalue weighted by Crippen LogP contribution is 2.10. The lowest BCUT2D eigenvalue weighted by atomic mass is 10.3. The number of nitrogen functional groups attached to an aromatic ring is 1. The summed E-state index contributed by atoms with van der Waals surface area (Å²) >= 11 is 2.01. The molecular weight excluding hydrogens is 243 g/mol. The standard InChI is InChI=1S/C6H5IN2O/c7-5-1-4(8)2-9-6(5)3-10/h1-3H,8H2. The van der Waals surface area contributed by atoms with Gasteiger partial charge < -0.3 is 5.73 Å². The summed E-state index contributed by atoms with van der Waals surface area (Å²) in [6.45, 7) is 0. The molecule has 0 spiro atoms. The van der Waals surface area contributed by atoms with E-state index in [9.17, 15) is 4.79 Å². The van der Waals surface area contributed by atoms with Gasteiger partial charge in [-0.3, -0.25) is 9.78 Å². The quantitative estimate of drug-likeness (QED) is 0.597. The summed E-state index contributed by atoms with van der Waals surface area (Å²) in [5, 5.41) is 0. The van der Waals surface area contributed by atoms with Crippen molar-refractivity contribution in [1.82, 2.24) is 4.98 Å². The van der Waals surface area contributed by atoms with E-state index in [1.165, 1.54) is 6.20 Å². The Bertz CT molecular complexity index is 262. The normalized spacial score (nSPS) is 9.30. The van der Waals surface area contributed by atoms with Crippen molar-refractivity contribution < 1.29 is 4.79 Å². The molecule has 1 aromatic heterocycles.